The minimum absolute atomic E-state index is 0.0424. The van der Waals surface area contributed by atoms with Crippen molar-refractivity contribution in [1.82, 2.24) is 0 Å². The second-order valence-electron chi connectivity index (χ2n) is 10.5. The highest BCUT2D eigenvalue weighted by atomic mass is 16.6. The summed E-state index contributed by atoms with van der Waals surface area (Å²) in [4.78, 5) is 13.0. The Morgan fingerprint density at radius 2 is 1.82 bits per heavy atom. The zero-order valence-electron chi connectivity index (χ0n) is 15.0. The first-order chi connectivity index (χ1) is 9.85. The summed E-state index contributed by atoms with van der Waals surface area (Å²) in [5.41, 5.74) is -0.885. The van der Waals surface area contributed by atoms with E-state index in [1.807, 2.05) is 0 Å². The fourth-order valence-electron chi connectivity index (χ4n) is 5.24. The molecule has 4 bridgehead atoms. The number of carbonyl (C=O) groups is 1. The van der Waals surface area contributed by atoms with Crippen LogP contribution in [0, 0.1) is 28.6 Å². The average Bonchev–Trinajstić information content (AvgIpc) is 2.90. The van der Waals surface area contributed by atoms with Crippen LogP contribution in [0.2, 0.25) is 0 Å². The Hall–Kier alpha value is -0.570. The van der Waals surface area contributed by atoms with Crippen molar-refractivity contribution in [3.05, 3.63) is 0 Å². The maximum atomic E-state index is 13.0. The molecule has 0 aromatic rings. The number of hydrogen-bond acceptors (Lipinski definition) is 3. The summed E-state index contributed by atoms with van der Waals surface area (Å²) < 4.78 is 6.14. The number of esters is 1. The fourth-order valence-corrected chi connectivity index (χ4v) is 5.24. The van der Waals surface area contributed by atoms with Gasteiger partial charge < -0.3 is 9.84 Å². The van der Waals surface area contributed by atoms with Crippen molar-refractivity contribution in [1.29, 1.82) is 0 Å². The van der Waals surface area contributed by atoms with Gasteiger partial charge in [0.2, 0.25) is 0 Å². The largest absolute Gasteiger partial charge is 0.458 e. The normalized spacial score (nSPS) is 41.2. The number of hydrogen-bond donors (Lipinski definition) is 1. The molecule has 0 radical (unpaired) electrons. The summed E-state index contributed by atoms with van der Waals surface area (Å²) >= 11 is 0. The highest BCUT2D eigenvalue weighted by Crippen LogP contribution is 2.68. The van der Waals surface area contributed by atoms with Crippen LogP contribution in [-0.4, -0.2) is 22.3 Å². The summed E-state index contributed by atoms with van der Waals surface area (Å²) in [6.07, 6.45) is 4.27. The van der Waals surface area contributed by atoms with Gasteiger partial charge in [0.1, 0.15) is 5.60 Å². The Kier molecular flexibility index (Phi) is 3.33. The lowest BCUT2D eigenvalue weighted by Gasteiger charge is -2.37. The van der Waals surface area contributed by atoms with Gasteiger partial charge in [-0.3, -0.25) is 4.79 Å². The lowest BCUT2D eigenvalue weighted by Crippen LogP contribution is -2.41. The quantitative estimate of drug-likeness (QED) is 0.804. The van der Waals surface area contributed by atoms with Gasteiger partial charge in [0.15, 0.2) is 0 Å². The standard InChI is InChI=1S/C19H32O3/c1-16(2,3)10-14(17(4,5)6)15(20)22-19-9-12-7-13(19)8-18(12,21)11-19/h12-14,21H,7-11H2,1-6H3. The zero-order valence-corrected chi connectivity index (χ0v) is 15.0. The molecule has 0 amide bonds. The predicted octanol–water partition coefficient (Wildman–Crippen LogP) is 3.93. The van der Waals surface area contributed by atoms with Gasteiger partial charge in [0, 0.05) is 12.3 Å². The van der Waals surface area contributed by atoms with Gasteiger partial charge in [-0.25, -0.2) is 0 Å². The van der Waals surface area contributed by atoms with Crippen molar-refractivity contribution < 1.29 is 14.6 Å². The van der Waals surface area contributed by atoms with Crippen LogP contribution < -0.4 is 0 Å². The van der Waals surface area contributed by atoms with Gasteiger partial charge >= 0.3 is 5.97 Å². The van der Waals surface area contributed by atoms with E-state index >= 15 is 0 Å². The van der Waals surface area contributed by atoms with Crippen molar-refractivity contribution in [3.63, 3.8) is 0 Å². The lowest BCUT2D eigenvalue weighted by molar-refractivity contribution is -0.172. The van der Waals surface area contributed by atoms with E-state index in [4.69, 9.17) is 4.74 Å². The summed E-state index contributed by atoms with van der Waals surface area (Å²) in [5, 5.41) is 10.6. The van der Waals surface area contributed by atoms with E-state index in [9.17, 15) is 9.90 Å². The van der Waals surface area contributed by atoms with Crippen LogP contribution in [0.25, 0.3) is 0 Å². The zero-order chi connectivity index (χ0) is 16.6. The minimum Gasteiger partial charge on any atom is -0.458 e. The smallest absolute Gasteiger partial charge is 0.310 e. The van der Waals surface area contributed by atoms with Gasteiger partial charge in [-0.15, -0.1) is 0 Å². The monoisotopic (exact) mass is 308 g/mol. The molecular formula is C19H32O3. The molecule has 22 heavy (non-hydrogen) atoms. The molecule has 0 saturated heterocycles. The summed E-state index contributed by atoms with van der Waals surface area (Å²) in [5.74, 6) is 0.621. The molecule has 4 saturated carbocycles. The first-order valence-electron chi connectivity index (χ1n) is 8.80. The van der Waals surface area contributed by atoms with Crippen LogP contribution in [0.1, 0.15) is 73.6 Å². The molecule has 5 unspecified atom stereocenters. The molecule has 4 aliphatic carbocycles. The van der Waals surface area contributed by atoms with Crippen LogP contribution in [0.4, 0.5) is 0 Å². The molecule has 3 nitrogen and oxygen atoms in total. The van der Waals surface area contributed by atoms with Crippen molar-refractivity contribution in [3.8, 4) is 0 Å². The molecule has 3 heteroatoms. The van der Waals surface area contributed by atoms with Crippen LogP contribution >= 0.6 is 0 Å². The number of carbonyl (C=O) groups excluding carboxylic acids is 1. The van der Waals surface area contributed by atoms with Gasteiger partial charge in [-0.2, -0.15) is 0 Å². The molecule has 4 aliphatic rings. The minimum atomic E-state index is -0.536. The molecule has 0 aromatic carbocycles. The van der Waals surface area contributed by atoms with Gasteiger partial charge in [-0.05, 0) is 42.4 Å². The van der Waals surface area contributed by atoms with Gasteiger partial charge in [-0.1, -0.05) is 41.5 Å². The summed E-state index contributed by atoms with van der Waals surface area (Å²) in [6.45, 7) is 12.9. The molecule has 0 aromatic heterocycles. The molecule has 0 spiro atoms. The molecular weight excluding hydrogens is 276 g/mol. The van der Waals surface area contributed by atoms with Crippen molar-refractivity contribution >= 4 is 5.97 Å². The fraction of sp³-hybridized carbons (Fsp3) is 0.947. The van der Waals surface area contributed by atoms with Crippen LogP contribution in [-0.2, 0) is 9.53 Å². The van der Waals surface area contributed by atoms with E-state index in [0.29, 0.717) is 18.3 Å². The highest BCUT2D eigenvalue weighted by Gasteiger charge is 2.72. The average molecular weight is 308 g/mol. The lowest BCUT2D eigenvalue weighted by atomic mass is 9.72. The third-order valence-electron chi connectivity index (χ3n) is 6.32. The Labute approximate surface area is 134 Å². The second kappa shape index (κ2) is 4.49. The third-order valence-corrected chi connectivity index (χ3v) is 6.32. The predicted molar refractivity (Wildman–Crippen MR) is 86.2 cm³/mol. The number of ether oxygens (including phenoxy) is 1. The summed E-state index contributed by atoms with van der Waals surface area (Å²) in [6, 6.07) is 0. The van der Waals surface area contributed by atoms with Gasteiger partial charge in [0.25, 0.3) is 0 Å². The Balaban J connectivity index is 1.76. The molecule has 4 fully saturated rings. The number of aliphatic hydroxyl groups is 1. The molecule has 0 aliphatic heterocycles. The summed E-state index contributed by atoms with van der Waals surface area (Å²) in [7, 11) is 0. The van der Waals surface area contributed by atoms with E-state index in [1.165, 1.54) is 0 Å². The maximum absolute atomic E-state index is 13.0. The van der Waals surface area contributed by atoms with Crippen LogP contribution in [0.5, 0.6) is 0 Å². The van der Waals surface area contributed by atoms with Gasteiger partial charge in [0.05, 0.1) is 11.5 Å². The SMILES string of the molecule is CC(C)(C)CC(C(=O)OC12CC3CC1CC3(O)C2)C(C)(C)C. The topological polar surface area (TPSA) is 46.5 Å². The van der Waals surface area contributed by atoms with E-state index < -0.39 is 5.60 Å². The molecule has 1 N–H and O–H groups in total. The van der Waals surface area contributed by atoms with Crippen molar-refractivity contribution in [2.45, 2.75) is 84.8 Å². The first kappa shape index (κ1) is 16.3. The number of rotatable bonds is 3. The molecule has 0 heterocycles. The third kappa shape index (κ3) is 2.50. The van der Waals surface area contributed by atoms with Crippen LogP contribution in [0.15, 0.2) is 0 Å². The van der Waals surface area contributed by atoms with Crippen LogP contribution in [0.3, 0.4) is 0 Å². The molecule has 5 atom stereocenters. The Morgan fingerprint density at radius 3 is 2.14 bits per heavy atom. The second-order valence-corrected chi connectivity index (χ2v) is 10.5. The van der Waals surface area contributed by atoms with Crippen molar-refractivity contribution in [2.75, 3.05) is 0 Å². The Morgan fingerprint density at radius 1 is 1.18 bits per heavy atom. The van der Waals surface area contributed by atoms with E-state index in [1.54, 1.807) is 0 Å². The maximum Gasteiger partial charge on any atom is 0.310 e. The first-order valence-corrected chi connectivity index (χ1v) is 8.80. The van der Waals surface area contributed by atoms with E-state index in [0.717, 1.165) is 25.7 Å². The Bertz CT molecular complexity index is 484. The highest BCUT2D eigenvalue weighted by molar-refractivity contribution is 5.74. The van der Waals surface area contributed by atoms with E-state index in [2.05, 4.69) is 41.5 Å². The van der Waals surface area contributed by atoms with Crippen molar-refractivity contribution in [2.24, 2.45) is 28.6 Å². The van der Waals surface area contributed by atoms with E-state index in [-0.39, 0.29) is 28.3 Å². The molecule has 4 rings (SSSR count). The molecule has 126 valence electrons.